The first-order valence-electron chi connectivity index (χ1n) is 4.87. The zero-order valence-electron chi connectivity index (χ0n) is 8.31. The van der Waals surface area contributed by atoms with E-state index in [4.69, 9.17) is 0 Å². The highest BCUT2D eigenvalue weighted by molar-refractivity contribution is 7.09. The second-order valence-corrected chi connectivity index (χ2v) is 4.15. The molecule has 0 saturated heterocycles. The number of hydrogen-bond acceptors (Lipinski definition) is 5. The summed E-state index contributed by atoms with van der Waals surface area (Å²) in [5.74, 6) is 0.953. The molecule has 0 atom stereocenters. The Hall–Kier alpha value is -1.27. The average Bonchev–Trinajstić information content (AvgIpc) is 2.88. The van der Waals surface area contributed by atoms with Gasteiger partial charge in [0.05, 0.1) is 5.51 Å². The smallest absolute Gasteiger partial charge is 0.137 e. The highest BCUT2D eigenvalue weighted by atomic mass is 32.1. The van der Waals surface area contributed by atoms with Crippen LogP contribution in [0.25, 0.3) is 0 Å². The molecule has 0 aromatic carbocycles. The van der Waals surface area contributed by atoms with Crippen LogP contribution in [0, 0.1) is 0 Å². The van der Waals surface area contributed by atoms with Gasteiger partial charge in [0.2, 0.25) is 0 Å². The first-order chi connectivity index (χ1) is 7.45. The number of aromatic amines is 1. The highest BCUT2D eigenvalue weighted by Crippen LogP contribution is 2.03. The van der Waals surface area contributed by atoms with Crippen molar-refractivity contribution in [2.75, 3.05) is 6.54 Å². The van der Waals surface area contributed by atoms with Crippen LogP contribution in [-0.4, -0.2) is 26.7 Å². The molecule has 2 rings (SSSR count). The molecule has 2 heterocycles. The Balaban J connectivity index is 1.56. The van der Waals surface area contributed by atoms with Gasteiger partial charge in [-0.25, -0.2) is 4.98 Å². The van der Waals surface area contributed by atoms with E-state index in [0.717, 1.165) is 31.8 Å². The van der Waals surface area contributed by atoms with E-state index >= 15 is 0 Å². The quantitative estimate of drug-likeness (QED) is 0.716. The molecular formula is C9H13N5S. The molecule has 0 aliphatic heterocycles. The van der Waals surface area contributed by atoms with Gasteiger partial charge in [-0.3, -0.25) is 10.1 Å². The van der Waals surface area contributed by atoms with Gasteiger partial charge in [0.25, 0.3) is 0 Å². The summed E-state index contributed by atoms with van der Waals surface area (Å²) in [5.41, 5.74) is 1.85. The van der Waals surface area contributed by atoms with Crippen molar-refractivity contribution in [3.8, 4) is 0 Å². The standard InChI is InChI=1S/C9H13N5S/c1(2-9-12-6-13-14-9)3-10-4-8-5-11-7-15-8/h5-7,10H,1-4H2,(H,12,13,14). The SMILES string of the molecule is c1n[nH]c(CCCNCc2cncs2)n1. The lowest BCUT2D eigenvalue weighted by atomic mass is 10.3. The Labute approximate surface area is 92.0 Å². The second-order valence-electron chi connectivity index (χ2n) is 3.18. The molecule has 2 N–H and O–H groups in total. The molecule has 2 aromatic heterocycles. The molecule has 2 aromatic rings. The number of aryl methyl sites for hydroxylation is 1. The van der Waals surface area contributed by atoms with Crippen molar-refractivity contribution in [2.45, 2.75) is 19.4 Å². The number of aromatic nitrogens is 4. The van der Waals surface area contributed by atoms with Gasteiger partial charge in [-0.05, 0) is 13.0 Å². The van der Waals surface area contributed by atoms with E-state index in [1.165, 1.54) is 4.88 Å². The predicted octanol–water partition coefficient (Wildman–Crippen LogP) is 0.984. The maximum absolute atomic E-state index is 4.06. The first kappa shape index (κ1) is 10.3. The summed E-state index contributed by atoms with van der Waals surface area (Å²) in [7, 11) is 0. The van der Waals surface area contributed by atoms with Gasteiger partial charge in [0, 0.05) is 24.0 Å². The van der Waals surface area contributed by atoms with Gasteiger partial charge >= 0.3 is 0 Å². The van der Waals surface area contributed by atoms with E-state index in [9.17, 15) is 0 Å². The van der Waals surface area contributed by atoms with Crippen LogP contribution >= 0.6 is 11.3 Å². The van der Waals surface area contributed by atoms with E-state index in [-0.39, 0.29) is 0 Å². The van der Waals surface area contributed by atoms with Gasteiger partial charge in [-0.2, -0.15) is 5.10 Å². The fourth-order valence-electron chi connectivity index (χ4n) is 1.27. The number of thiazole rings is 1. The second kappa shape index (κ2) is 5.57. The zero-order valence-corrected chi connectivity index (χ0v) is 9.13. The summed E-state index contributed by atoms with van der Waals surface area (Å²) in [6, 6.07) is 0. The van der Waals surface area contributed by atoms with Gasteiger partial charge in [-0.1, -0.05) is 0 Å². The molecular weight excluding hydrogens is 210 g/mol. The number of H-pyrrole nitrogens is 1. The highest BCUT2D eigenvalue weighted by Gasteiger charge is 1.96. The van der Waals surface area contributed by atoms with Crippen molar-refractivity contribution < 1.29 is 0 Å². The van der Waals surface area contributed by atoms with Crippen molar-refractivity contribution in [3.05, 3.63) is 28.7 Å². The zero-order chi connectivity index (χ0) is 10.3. The largest absolute Gasteiger partial charge is 0.312 e. The molecule has 0 aliphatic carbocycles. The Kier molecular flexibility index (Phi) is 3.81. The molecule has 0 amide bonds. The molecule has 5 nitrogen and oxygen atoms in total. The van der Waals surface area contributed by atoms with Crippen LogP contribution in [-0.2, 0) is 13.0 Å². The molecule has 6 heteroatoms. The van der Waals surface area contributed by atoms with Gasteiger partial charge < -0.3 is 5.32 Å². The lowest BCUT2D eigenvalue weighted by molar-refractivity contribution is 0.643. The van der Waals surface area contributed by atoms with Gasteiger partial charge in [-0.15, -0.1) is 11.3 Å². The Morgan fingerprint density at radius 2 is 2.47 bits per heavy atom. The lowest BCUT2D eigenvalue weighted by Gasteiger charge is -2.00. The van der Waals surface area contributed by atoms with Crippen LogP contribution in [0.4, 0.5) is 0 Å². The summed E-state index contributed by atoms with van der Waals surface area (Å²) in [6.45, 7) is 1.89. The Morgan fingerprint density at radius 3 is 3.20 bits per heavy atom. The van der Waals surface area contributed by atoms with Crippen LogP contribution in [0.5, 0.6) is 0 Å². The minimum absolute atomic E-state index is 0.904. The minimum Gasteiger partial charge on any atom is -0.312 e. The monoisotopic (exact) mass is 223 g/mol. The van der Waals surface area contributed by atoms with E-state index in [2.05, 4.69) is 25.5 Å². The lowest BCUT2D eigenvalue weighted by Crippen LogP contribution is -2.14. The molecule has 0 aliphatic rings. The maximum atomic E-state index is 4.06. The fraction of sp³-hybridized carbons (Fsp3) is 0.444. The summed E-state index contributed by atoms with van der Waals surface area (Å²) >= 11 is 1.68. The van der Waals surface area contributed by atoms with Crippen LogP contribution in [0.2, 0.25) is 0 Å². The minimum atomic E-state index is 0.904. The number of nitrogens with zero attached hydrogens (tertiary/aromatic N) is 3. The maximum Gasteiger partial charge on any atom is 0.137 e. The number of rotatable bonds is 6. The topological polar surface area (TPSA) is 66.5 Å². The summed E-state index contributed by atoms with van der Waals surface area (Å²) in [4.78, 5) is 9.35. The fourth-order valence-corrected chi connectivity index (χ4v) is 1.84. The van der Waals surface area contributed by atoms with Crippen molar-refractivity contribution in [1.29, 1.82) is 0 Å². The summed E-state index contributed by atoms with van der Waals surface area (Å²) in [5, 5.41) is 10.0. The normalized spacial score (nSPS) is 10.7. The molecule has 0 bridgehead atoms. The summed E-state index contributed by atoms with van der Waals surface area (Å²) in [6.07, 6.45) is 5.44. The molecule has 0 unspecified atom stereocenters. The van der Waals surface area contributed by atoms with E-state index in [1.807, 2.05) is 11.7 Å². The third kappa shape index (κ3) is 3.41. The van der Waals surface area contributed by atoms with Crippen molar-refractivity contribution >= 4 is 11.3 Å². The van der Waals surface area contributed by atoms with E-state index in [1.54, 1.807) is 17.7 Å². The molecule has 0 saturated carbocycles. The Bertz CT molecular complexity index is 320. The van der Waals surface area contributed by atoms with Crippen LogP contribution in [0.1, 0.15) is 17.1 Å². The van der Waals surface area contributed by atoms with Crippen molar-refractivity contribution in [2.24, 2.45) is 0 Å². The van der Waals surface area contributed by atoms with Crippen LogP contribution < -0.4 is 5.32 Å². The summed E-state index contributed by atoms with van der Waals surface area (Å²) < 4.78 is 0. The molecule has 0 radical (unpaired) electrons. The third-order valence-corrected chi connectivity index (χ3v) is 2.79. The van der Waals surface area contributed by atoms with Crippen molar-refractivity contribution in [3.63, 3.8) is 0 Å². The molecule has 80 valence electrons. The average molecular weight is 223 g/mol. The van der Waals surface area contributed by atoms with Crippen LogP contribution in [0.3, 0.4) is 0 Å². The number of nitrogens with one attached hydrogen (secondary N) is 2. The van der Waals surface area contributed by atoms with E-state index in [0.29, 0.717) is 0 Å². The van der Waals surface area contributed by atoms with Gasteiger partial charge in [0.15, 0.2) is 0 Å². The number of hydrogen-bond donors (Lipinski definition) is 2. The molecule has 0 spiro atoms. The van der Waals surface area contributed by atoms with Gasteiger partial charge in [0.1, 0.15) is 12.2 Å². The first-order valence-corrected chi connectivity index (χ1v) is 5.75. The molecule has 0 fully saturated rings. The third-order valence-electron chi connectivity index (χ3n) is 2.01. The predicted molar refractivity (Wildman–Crippen MR) is 58.5 cm³/mol. The Morgan fingerprint density at radius 1 is 1.47 bits per heavy atom. The van der Waals surface area contributed by atoms with E-state index < -0.39 is 0 Å². The van der Waals surface area contributed by atoms with Crippen LogP contribution in [0.15, 0.2) is 18.0 Å². The molecule has 15 heavy (non-hydrogen) atoms. The van der Waals surface area contributed by atoms with Crippen molar-refractivity contribution in [1.82, 2.24) is 25.5 Å².